The van der Waals surface area contributed by atoms with Crippen molar-refractivity contribution in [3.63, 3.8) is 0 Å². The maximum atomic E-state index is 12.7. The highest BCUT2D eigenvalue weighted by Crippen LogP contribution is 2.37. The summed E-state index contributed by atoms with van der Waals surface area (Å²) in [6, 6.07) is 7.86. The number of hydrogen-bond acceptors (Lipinski definition) is 7. The van der Waals surface area contributed by atoms with Crippen LogP contribution in [0.3, 0.4) is 0 Å². The van der Waals surface area contributed by atoms with Gasteiger partial charge in [-0.1, -0.05) is 29.4 Å². The number of hydrogen-bond donors (Lipinski definition) is 1. The number of carbonyl (C=O) groups excluding carboxylic acids is 1. The Morgan fingerprint density at radius 3 is 3.00 bits per heavy atom. The highest BCUT2D eigenvalue weighted by molar-refractivity contribution is 7.99. The van der Waals surface area contributed by atoms with Crippen LogP contribution in [0.5, 0.6) is 5.75 Å². The fourth-order valence-corrected chi connectivity index (χ4v) is 6.42. The highest BCUT2D eigenvalue weighted by atomic mass is 35.5. The number of nitrogens with one attached hydrogen (secondary N) is 1. The normalized spacial score (nSPS) is 12.6. The highest BCUT2D eigenvalue weighted by Gasteiger charge is 2.22. The van der Waals surface area contributed by atoms with Gasteiger partial charge < -0.3 is 14.6 Å². The van der Waals surface area contributed by atoms with Crippen molar-refractivity contribution in [1.82, 2.24) is 14.8 Å². The summed E-state index contributed by atoms with van der Waals surface area (Å²) in [6.07, 6.45) is 7.37. The van der Waals surface area contributed by atoms with Crippen LogP contribution in [0.15, 0.2) is 36.0 Å². The maximum Gasteiger partial charge on any atom is 0.235 e. The lowest BCUT2D eigenvalue weighted by molar-refractivity contribution is -0.113. The molecule has 0 spiro atoms. The SMILES string of the molecule is C=CCn1c(CCCOc2ccc(Cl)cc2C)nnc1SCC(=O)Nc1sc2c(c1C#N)CCCC2. The van der Waals surface area contributed by atoms with Crippen LogP contribution < -0.4 is 10.1 Å². The molecule has 1 amide bonds. The van der Waals surface area contributed by atoms with Crippen molar-refractivity contribution in [2.45, 2.75) is 57.1 Å². The van der Waals surface area contributed by atoms with Crippen LogP contribution >= 0.6 is 34.7 Å². The Bertz CT molecular complexity index is 1290. The van der Waals surface area contributed by atoms with Crippen LogP contribution in [0.25, 0.3) is 0 Å². The van der Waals surface area contributed by atoms with Crippen molar-refractivity contribution in [3.05, 3.63) is 63.3 Å². The smallest absolute Gasteiger partial charge is 0.235 e. The minimum absolute atomic E-state index is 0.156. The molecule has 0 bridgehead atoms. The van der Waals surface area contributed by atoms with E-state index in [1.165, 1.54) is 28.0 Å². The molecular formula is C26H28ClN5O2S2. The van der Waals surface area contributed by atoms with Gasteiger partial charge in [-0.15, -0.1) is 28.1 Å². The molecule has 4 rings (SSSR count). The first-order chi connectivity index (χ1) is 17.5. The number of aromatic nitrogens is 3. The van der Waals surface area contributed by atoms with Crippen LogP contribution in [-0.4, -0.2) is 33.0 Å². The number of nitriles is 1. The number of carbonyl (C=O) groups is 1. The van der Waals surface area contributed by atoms with E-state index < -0.39 is 0 Å². The molecule has 7 nitrogen and oxygen atoms in total. The van der Waals surface area contributed by atoms with Gasteiger partial charge in [-0.3, -0.25) is 4.79 Å². The van der Waals surface area contributed by atoms with Crippen LogP contribution in [-0.2, 0) is 30.6 Å². The second-order valence-corrected chi connectivity index (χ2v) is 11.0. The number of benzene rings is 1. The average molecular weight is 542 g/mol. The van der Waals surface area contributed by atoms with Gasteiger partial charge in [0.15, 0.2) is 5.16 Å². The van der Waals surface area contributed by atoms with Gasteiger partial charge in [-0.05, 0) is 68.4 Å². The quantitative estimate of drug-likeness (QED) is 0.182. The third-order valence-corrected chi connectivity index (χ3v) is 8.32. The number of halogens is 1. The molecule has 1 aliphatic carbocycles. The van der Waals surface area contributed by atoms with Crippen LogP contribution in [0, 0.1) is 18.3 Å². The third-order valence-electron chi connectivity index (χ3n) is 5.91. The lowest BCUT2D eigenvalue weighted by Crippen LogP contribution is -2.15. The molecule has 36 heavy (non-hydrogen) atoms. The number of rotatable bonds is 11. The summed E-state index contributed by atoms with van der Waals surface area (Å²) in [5, 5.41) is 23.2. The molecule has 0 unspecified atom stereocenters. The Balaban J connectivity index is 1.32. The number of amides is 1. The molecule has 0 atom stereocenters. The van der Waals surface area contributed by atoms with E-state index in [0.717, 1.165) is 54.8 Å². The van der Waals surface area contributed by atoms with E-state index >= 15 is 0 Å². The summed E-state index contributed by atoms with van der Waals surface area (Å²) in [7, 11) is 0. The van der Waals surface area contributed by atoms with Crippen molar-refractivity contribution < 1.29 is 9.53 Å². The zero-order valence-electron chi connectivity index (χ0n) is 20.2. The first kappa shape index (κ1) is 26.3. The third kappa shape index (κ3) is 6.30. The van der Waals surface area contributed by atoms with Crippen LogP contribution in [0.4, 0.5) is 5.00 Å². The largest absolute Gasteiger partial charge is 0.493 e. The zero-order chi connectivity index (χ0) is 25.5. The van der Waals surface area contributed by atoms with Gasteiger partial charge in [0.05, 0.1) is 17.9 Å². The van der Waals surface area contributed by atoms with Crippen LogP contribution in [0.1, 0.15) is 46.7 Å². The maximum absolute atomic E-state index is 12.7. The lowest BCUT2D eigenvalue weighted by atomic mass is 9.96. The van der Waals surface area contributed by atoms with Crippen molar-refractivity contribution in [3.8, 4) is 11.8 Å². The number of nitrogens with zero attached hydrogens (tertiary/aromatic N) is 4. The molecular weight excluding hydrogens is 514 g/mol. The number of aryl methyl sites for hydroxylation is 3. The second kappa shape index (κ2) is 12.4. The predicted molar refractivity (Wildman–Crippen MR) is 145 cm³/mol. The minimum Gasteiger partial charge on any atom is -0.493 e. The summed E-state index contributed by atoms with van der Waals surface area (Å²) in [4.78, 5) is 13.9. The van der Waals surface area contributed by atoms with E-state index in [1.807, 2.05) is 29.7 Å². The first-order valence-corrected chi connectivity index (χ1v) is 14.1. The molecule has 1 aromatic carbocycles. The van der Waals surface area contributed by atoms with E-state index in [1.54, 1.807) is 6.08 Å². The molecule has 2 heterocycles. The molecule has 10 heteroatoms. The van der Waals surface area contributed by atoms with Crippen molar-refractivity contribution in [2.24, 2.45) is 0 Å². The fraction of sp³-hybridized carbons (Fsp3) is 0.385. The monoisotopic (exact) mass is 541 g/mol. The molecule has 0 aliphatic heterocycles. The van der Waals surface area contributed by atoms with Crippen LogP contribution in [0.2, 0.25) is 5.02 Å². The van der Waals surface area contributed by atoms with Gasteiger partial charge in [-0.2, -0.15) is 5.26 Å². The summed E-state index contributed by atoms with van der Waals surface area (Å²) >= 11 is 8.87. The predicted octanol–water partition coefficient (Wildman–Crippen LogP) is 5.98. The van der Waals surface area contributed by atoms with Gasteiger partial charge in [0.1, 0.15) is 22.6 Å². The Morgan fingerprint density at radius 2 is 2.22 bits per heavy atom. The minimum atomic E-state index is -0.156. The first-order valence-electron chi connectivity index (χ1n) is 11.9. The van der Waals surface area contributed by atoms with E-state index in [9.17, 15) is 10.1 Å². The van der Waals surface area contributed by atoms with Crippen molar-refractivity contribution in [2.75, 3.05) is 17.7 Å². The molecule has 0 radical (unpaired) electrons. The number of thiophene rings is 1. The number of anilines is 1. The summed E-state index contributed by atoms with van der Waals surface area (Å²) < 4.78 is 7.86. The molecule has 3 aromatic rings. The Morgan fingerprint density at radius 1 is 1.39 bits per heavy atom. The topological polar surface area (TPSA) is 92.8 Å². The summed E-state index contributed by atoms with van der Waals surface area (Å²) in [5.41, 5.74) is 2.74. The number of allylic oxidation sites excluding steroid dienone is 1. The van der Waals surface area contributed by atoms with Gasteiger partial charge >= 0.3 is 0 Å². The Labute approximate surface area is 224 Å². The van der Waals surface area contributed by atoms with Crippen molar-refractivity contribution >= 4 is 45.6 Å². The zero-order valence-corrected chi connectivity index (χ0v) is 22.6. The molecule has 2 aromatic heterocycles. The second-order valence-electron chi connectivity index (χ2n) is 8.52. The Hall–Kier alpha value is -2.80. The van der Waals surface area contributed by atoms with E-state index in [2.05, 4.69) is 28.2 Å². The number of fused-ring (bicyclic) bond motifs is 1. The van der Waals surface area contributed by atoms with Gasteiger partial charge in [0.25, 0.3) is 0 Å². The van der Waals surface area contributed by atoms with Gasteiger partial charge in [0, 0.05) is 22.9 Å². The Kier molecular flexibility index (Phi) is 9.08. The number of ether oxygens (including phenoxy) is 1. The summed E-state index contributed by atoms with van der Waals surface area (Å²) in [5.74, 6) is 1.67. The lowest BCUT2D eigenvalue weighted by Gasteiger charge is -2.10. The number of thioether (sulfide) groups is 1. The average Bonchev–Trinajstić information content (AvgIpc) is 3.41. The molecule has 0 saturated heterocycles. The molecule has 188 valence electrons. The molecule has 0 fully saturated rings. The van der Waals surface area contributed by atoms with Gasteiger partial charge in [0.2, 0.25) is 5.91 Å². The fourth-order valence-electron chi connectivity index (χ4n) is 4.18. The van der Waals surface area contributed by atoms with Crippen molar-refractivity contribution in [1.29, 1.82) is 5.26 Å². The standard InChI is InChI=1S/C26H28ClN5O2S2/c1-3-12-32-23(9-6-13-34-21-11-10-18(27)14-17(21)2)30-31-26(32)35-16-24(33)29-25-20(15-28)19-7-4-5-8-22(19)36-25/h3,10-11,14H,1,4-9,12-13,16H2,2H3,(H,29,33). The van der Waals surface area contributed by atoms with E-state index in [0.29, 0.717) is 40.3 Å². The summed E-state index contributed by atoms with van der Waals surface area (Å²) in [6.45, 7) is 6.91. The van der Waals surface area contributed by atoms with E-state index in [-0.39, 0.29) is 11.7 Å². The van der Waals surface area contributed by atoms with E-state index in [4.69, 9.17) is 16.3 Å². The molecule has 1 aliphatic rings. The van der Waals surface area contributed by atoms with Gasteiger partial charge in [-0.25, -0.2) is 0 Å². The molecule has 0 saturated carbocycles. The molecule has 1 N–H and O–H groups in total.